The molecule has 0 saturated carbocycles. The van der Waals surface area contributed by atoms with Crippen LogP contribution in [0.5, 0.6) is 5.75 Å². The Balaban J connectivity index is 2.81. The van der Waals surface area contributed by atoms with Crippen molar-refractivity contribution in [3.63, 3.8) is 0 Å². The Morgan fingerprint density at radius 1 is 1.47 bits per heavy atom. The number of benzene rings is 1. The standard InChI is InChI=1S/C12H12N2O3/c1-3-6-14-11(15)9-5-4-8(17-2)7-10(9)13-12(14)16/h3-5,7H,1,6H2,2H3,(H,13,16). The van der Waals surface area contributed by atoms with Crippen molar-refractivity contribution >= 4 is 10.9 Å². The molecule has 2 rings (SSSR count). The van der Waals surface area contributed by atoms with Gasteiger partial charge in [0.2, 0.25) is 0 Å². The molecule has 0 atom stereocenters. The van der Waals surface area contributed by atoms with E-state index in [2.05, 4.69) is 11.6 Å². The number of hydrogen-bond acceptors (Lipinski definition) is 3. The lowest BCUT2D eigenvalue weighted by molar-refractivity contribution is 0.415. The molecule has 17 heavy (non-hydrogen) atoms. The zero-order valence-electron chi connectivity index (χ0n) is 9.40. The Hall–Kier alpha value is -2.30. The van der Waals surface area contributed by atoms with Crippen LogP contribution in [0.2, 0.25) is 0 Å². The molecule has 0 aliphatic rings. The molecule has 1 aromatic carbocycles. The summed E-state index contributed by atoms with van der Waals surface area (Å²) in [5.74, 6) is 0.592. The molecule has 0 unspecified atom stereocenters. The summed E-state index contributed by atoms with van der Waals surface area (Å²) >= 11 is 0. The van der Waals surface area contributed by atoms with Gasteiger partial charge in [-0.3, -0.25) is 9.36 Å². The average molecular weight is 232 g/mol. The first kappa shape index (κ1) is 11.2. The Labute approximate surface area is 97.0 Å². The molecule has 5 heteroatoms. The number of aromatic amines is 1. The van der Waals surface area contributed by atoms with Crippen LogP contribution in [-0.2, 0) is 6.54 Å². The summed E-state index contributed by atoms with van der Waals surface area (Å²) in [4.78, 5) is 26.3. The molecule has 1 aromatic heterocycles. The van der Waals surface area contributed by atoms with Gasteiger partial charge in [-0.05, 0) is 12.1 Å². The predicted molar refractivity (Wildman–Crippen MR) is 65.6 cm³/mol. The van der Waals surface area contributed by atoms with Gasteiger partial charge in [0, 0.05) is 12.6 Å². The van der Waals surface area contributed by atoms with Crippen molar-refractivity contribution in [3.05, 3.63) is 51.7 Å². The van der Waals surface area contributed by atoms with Crippen LogP contribution in [0, 0.1) is 0 Å². The van der Waals surface area contributed by atoms with Gasteiger partial charge in [0.15, 0.2) is 0 Å². The highest BCUT2D eigenvalue weighted by atomic mass is 16.5. The van der Waals surface area contributed by atoms with Crippen molar-refractivity contribution < 1.29 is 4.74 Å². The smallest absolute Gasteiger partial charge is 0.329 e. The first-order valence-electron chi connectivity index (χ1n) is 5.09. The van der Waals surface area contributed by atoms with Crippen molar-refractivity contribution in [2.24, 2.45) is 0 Å². The van der Waals surface area contributed by atoms with Gasteiger partial charge in [-0.2, -0.15) is 0 Å². The maximum atomic E-state index is 12.0. The second-order valence-corrected chi connectivity index (χ2v) is 3.55. The summed E-state index contributed by atoms with van der Waals surface area (Å²) in [6.07, 6.45) is 1.51. The number of ether oxygens (including phenoxy) is 1. The minimum Gasteiger partial charge on any atom is -0.497 e. The van der Waals surface area contributed by atoms with E-state index in [9.17, 15) is 9.59 Å². The third kappa shape index (κ3) is 1.87. The highest BCUT2D eigenvalue weighted by molar-refractivity contribution is 5.78. The highest BCUT2D eigenvalue weighted by Gasteiger charge is 2.06. The number of nitrogens with one attached hydrogen (secondary N) is 1. The van der Waals surface area contributed by atoms with Gasteiger partial charge in [-0.15, -0.1) is 6.58 Å². The number of H-pyrrole nitrogens is 1. The number of methoxy groups -OCH3 is 1. The first-order valence-corrected chi connectivity index (χ1v) is 5.09. The van der Waals surface area contributed by atoms with E-state index in [1.807, 2.05) is 0 Å². The number of aromatic nitrogens is 2. The van der Waals surface area contributed by atoms with E-state index in [1.165, 1.54) is 13.2 Å². The van der Waals surface area contributed by atoms with Crippen molar-refractivity contribution in [2.75, 3.05) is 7.11 Å². The Morgan fingerprint density at radius 3 is 2.88 bits per heavy atom. The number of allylic oxidation sites excluding steroid dienone is 1. The molecular weight excluding hydrogens is 220 g/mol. The first-order chi connectivity index (χ1) is 8.17. The van der Waals surface area contributed by atoms with E-state index in [0.29, 0.717) is 16.7 Å². The molecule has 0 bridgehead atoms. The summed E-state index contributed by atoms with van der Waals surface area (Å²) in [7, 11) is 1.53. The fraction of sp³-hybridized carbons (Fsp3) is 0.167. The fourth-order valence-corrected chi connectivity index (χ4v) is 1.66. The molecule has 88 valence electrons. The lowest BCUT2D eigenvalue weighted by Crippen LogP contribution is -2.34. The van der Waals surface area contributed by atoms with E-state index in [1.54, 1.807) is 18.2 Å². The molecular formula is C12H12N2O3. The van der Waals surface area contributed by atoms with E-state index in [-0.39, 0.29) is 12.1 Å². The molecule has 2 aromatic rings. The fourth-order valence-electron chi connectivity index (χ4n) is 1.66. The molecule has 0 radical (unpaired) electrons. The van der Waals surface area contributed by atoms with Gasteiger partial charge >= 0.3 is 5.69 Å². The van der Waals surface area contributed by atoms with Gasteiger partial charge in [-0.1, -0.05) is 6.08 Å². The summed E-state index contributed by atoms with van der Waals surface area (Å²) in [5.41, 5.74) is -0.304. The Morgan fingerprint density at radius 2 is 2.24 bits per heavy atom. The van der Waals surface area contributed by atoms with Crippen molar-refractivity contribution in [1.82, 2.24) is 9.55 Å². The maximum Gasteiger partial charge on any atom is 0.329 e. The summed E-state index contributed by atoms with van der Waals surface area (Å²) < 4.78 is 6.13. The van der Waals surface area contributed by atoms with Crippen LogP contribution in [0.25, 0.3) is 10.9 Å². The maximum absolute atomic E-state index is 12.0. The predicted octanol–water partition coefficient (Wildman–Crippen LogP) is 0.884. The highest BCUT2D eigenvalue weighted by Crippen LogP contribution is 2.14. The van der Waals surface area contributed by atoms with Crippen LogP contribution in [0.15, 0.2) is 40.4 Å². The van der Waals surface area contributed by atoms with Gasteiger partial charge < -0.3 is 9.72 Å². The largest absolute Gasteiger partial charge is 0.497 e. The lowest BCUT2D eigenvalue weighted by Gasteiger charge is -2.05. The molecule has 0 amide bonds. The normalized spacial score (nSPS) is 10.4. The second kappa shape index (κ2) is 4.29. The zero-order valence-corrected chi connectivity index (χ0v) is 9.40. The van der Waals surface area contributed by atoms with Crippen molar-refractivity contribution in [3.8, 4) is 5.75 Å². The van der Waals surface area contributed by atoms with Crippen LogP contribution in [0.3, 0.4) is 0 Å². The molecule has 5 nitrogen and oxygen atoms in total. The zero-order chi connectivity index (χ0) is 12.4. The quantitative estimate of drug-likeness (QED) is 0.799. The second-order valence-electron chi connectivity index (χ2n) is 3.55. The number of rotatable bonds is 3. The molecule has 0 aliphatic heterocycles. The van der Waals surface area contributed by atoms with Crippen LogP contribution in [0.1, 0.15) is 0 Å². The molecule has 0 fully saturated rings. The lowest BCUT2D eigenvalue weighted by atomic mass is 10.2. The molecule has 0 spiro atoms. The molecule has 0 saturated heterocycles. The molecule has 1 heterocycles. The average Bonchev–Trinajstić information content (AvgIpc) is 2.33. The van der Waals surface area contributed by atoms with Gasteiger partial charge in [0.25, 0.3) is 5.56 Å². The third-order valence-electron chi connectivity index (χ3n) is 2.50. The third-order valence-corrected chi connectivity index (χ3v) is 2.50. The van der Waals surface area contributed by atoms with Crippen LogP contribution >= 0.6 is 0 Å². The van der Waals surface area contributed by atoms with Crippen LogP contribution < -0.4 is 16.0 Å². The SMILES string of the molecule is C=CCn1c(=O)[nH]c2cc(OC)ccc2c1=O. The van der Waals surface area contributed by atoms with E-state index < -0.39 is 5.69 Å². The van der Waals surface area contributed by atoms with E-state index >= 15 is 0 Å². The topological polar surface area (TPSA) is 64.1 Å². The number of nitrogens with zero attached hydrogens (tertiary/aromatic N) is 1. The van der Waals surface area contributed by atoms with Crippen LogP contribution in [0.4, 0.5) is 0 Å². The minimum atomic E-state index is -0.448. The number of hydrogen-bond donors (Lipinski definition) is 1. The van der Waals surface area contributed by atoms with Crippen molar-refractivity contribution in [2.45, 2.75) is 6.54 Å². The van der Waals surface area contributed by atoms with Gasteiger partial charge in [-0.25, -0.2) is 4.79 Å². The van der Waals surface area contributed by atoms with Gasteiger partial charge in [0.05, 0.1) is 18.0 Å². The summed E-state index contributed by atoms with van der Waals surface area (Å²) in [5, 5.41) is 0.451. The number of fused-ring (bicyclic) bond motifs is 1. The summed E-state index contributed by atoms with van der Waals surface area (Å²) in [6.45, 7) is 3.70. The Kier molecular flexibility index (Phi) is 2.82. The van der Waals surface area contributed by atoms with Crippen LogP contribution in [-0.4, -0.2) is 16.7 Å². The van der Waals surface area contributed by atoms with Crippen molar-refractivity contribution in [1.29, 1.82) is 0 Å². The molecule has 0 aliphatic carbocycles. The summed E-state index contributed by atoms with van der Waals surface area (Å²) in [6, 6.07) is 4.93. The van der Waals surface area contributed by atoms with E-state index in [4.69, 9.17) is 4.74 Å². The molecule has 1 N–H and O–H groups in total. The van der Waals surface area contributed by atoms with E-state index in [0.717, 1.165) is 4.57 Å². The Bertz CT molecular complexity index is 682. The minimum absolute atomic E-state index is 0.191. The van der Waals surface area contributed by atoms with Gasteiger partial charge in [0.1, 0.15) is 5.75 Å². The monoisotopic (exact) mass is 232 g/mol.